The Balaban J connectivity index is 1.79. The third-order valence-electron chi connectivity index (χ3n) is 3.16. The second-order valence-corrected chi connectivity index (χ2v) is 4.96. The molecule has 124 valence electrons. The predicted octanol–water partition coefficient (Wildman–Crippen LogP) is 3.48. The van der Waals surface area contributed by atoms with Gasteiger partial charge >= 0.3 is 6.36 Å². The lowest BCUT2D eigenvalue weighted by molar-refractivity contribution is -0.274. The third kappa shape index (κ3) is 6.06. The van der Waals surface area contributed by atoms with Crippen molar-refractivity contribution in [2.75, 3.05) is 0 Å². The zero-order valence-electron chi connectivity index (χ0n) is 12.3. The Morgan fingerprint density at radius 1 is 1.13 bits per heavy atom. The minimum Gasteiger partial charge on any atom is -0.405 e. The lowest BCUT2D eigenvalue weighted by Crippen LogP contribution is -2.24. The van der Waals surface area contributed by atoms with Crippen LogP contribution in [-0.2, 0) is 17.9 Å². The second kappa shape index (κ2) is 7.71. The Morgan fingerprint density at radius 2 is 1.83 bits per heavy atom. The van der Waals surface area contributed by atoms with E-state index >= 15 is 0 Å². The van der Waals surface area contributed by atoms with Crippen molar-refractivity contribution in [3.05, 3.63) is 54.4 Å². The van der Waals surface area contributed by atoms with Gasteiger partial charge in [-0.15, -0.1) is 13.2 Å². The lowest BCUT2D eigenvalue weighted by atomic mass is 10.2. The van der Waals surface area contributed by atoms with Crippen molar-refractivity contribution >= 4 is 5.91 Å². The van der Waals surface area contributed by atoms with Crippen molar-refractivity contribution in [2.24, 2.45) is 0 Å². The summed E-state index contributed by atoms with van der Waals surface area (Å²) in [6, 6.07) is 9.55. The fourth-order valence-electron chi connectivity index (χ4n) is 2.10. The Labute approximate surface area is 131 Å². The first-order chi connectivity index (χ1) is 10.9. The van der Waals surface area contributed by atoms with E-state index in [2.05, 4.69) is 10.1 Å². The number of rotatable bonds is 7. The summed E-state index contributed by atoms with van der Waals surface area (Å²) in [7, 11) is 0. The summed E-state index contributed by atoms with van der Waals surface area (Å²) in [6.07, 6.45) is 0.0177. The molecule has 0 bridgehead atoms. The van der Waals surface area contributed by atoms with Crippen molar-refractivity contribution in [1.29, 1.82) is 0 Å². The molecule has 1 aromatic carbocycles. The summed E-state index contributed by atoms with van der Waals surface area (Å²) in [5.41, 5.74) is 0.281. The maximum atomic E-state index is 12.3. The topological polar surface area (TPSA) is 43.3 Å². The average Bonchev–Trinajstić information content (AvgIpc) is 2.98. The van der Waals surface area contributed by atoms with Gasteiger partial charge in [-0.05, 0) is 24.6 Å². The van der Waals surface area contributed by atoms with Crippen LogP contribution in [0.4, 0.5) is 13.2 Å². The number of carbonyl (C=O) groups excluding carboxylic acids is 1. The first-order valence-corrected chi connectivity index (χ1v) is 7.15. The third-order valence-corrected chi connectivity index (χ3v) is 3.16. The van der Waals surface area contributed by atoms with E-state index in [1.807, 2.05) is 29.1 Å². The first-order valence-electron chi connectivity index (χ1n) is 7.15. The van der Waals surface area contributed by atoms with E-state index in [1.165, 1.54) is 18.2 Å². The van der Waals surface area contributed by atoms with Gasteiger partial charge in [-0.3, -0.25) is 4.79 Å². The van der Waals surface area contributed by atoms with Crippen LogP contribution in [0, 0.1) is 0 Å². The molecule has 4 nitrogen and oxygen atoms in total. The van der Waals surface area contributed by atoms with Gasteiger partial charge in [0.15, 0.2) is 0 Å². The van der Waals surface area contributed by atoms with Crippen LogP contribution in [0.5, 0.6) is 5.75 Å². The fraction of sp³-hybridized carbons (Fsp3) is 0.312. The van der Waals surface area contributed by atoms with Gasteiger partial charge in [-0.1, -0.05) is 18.2 Å². The number of ether oxygens (including phenoxy) is 1. The number of aryl methyl sites for hydroxylation is 1. The van der Waals surface area contributed by atoms with Gasteiger partial charge in [0.2, 0.25) is 5.91 Å². The molecule has 7 heteroatoms. The molecule has 0 unspecified atom stereocenters. The van der Waals surface area contributed by atoms with E-state index in [9.17, 15) is 18.0 Å². The van der Waals surface area contributed by atoms with E-state index in [1.54, 1.807) is 6.07 Å². The van der Waals surface area contributed by atoms with Gasteiger partial charge in [0.25, 0.3) is 0 Å². The van der Waals surface area contributed by atoms with Gasteiger partial charge in [-0.25, -0.2) is 0 Å². The van der Waals surface area contributed by atoms with Gasteiger partial charge in [0.1, 0.15) is 5.75 Å². The Kier molecular flexibility index (Phi) is 5.67. The number of para-hydroxylation sites is 1. The van der Waals surface area contributed by atoms with Crippen LogP contribution in [-0.4, -0.2) is 16.8 Å². The quantitative estimate of drug-likeness (QED) is 0.846. The van der Waals surface area contributed by atoms with E-state index in [0.717, 1.165) is 0 Å². The Hall–Kier alpha value is -2.44. The van der Waals surface area contributed by atoms with Crippen molar-refractivity contribution < 1.29 is 22.7 Å². The molecule has 2 aromatic rings. The summed E-state index contributed by atoms with van der Waals surface area (Å²) in [5, 5.41) is 2.61. The smallest absolute Gasteiger partial charge is 0.405 e. The normalized spacial score (nSPS) is 11.3. The molecule has 0 atom stereocenters. The molecule has 1 N–H and O–H groups in total. The molecule has 0 fully saturated rings. The summed E-state index contributed by atoms with van der Waals surface area (Å²) >= 11 is 0. The van der Waals surface area contributed by atoms with Crippen LogP contribution in [0.25, 0.3) is 0 Å². The molecular weight excluding hydrogens is 309 g/mol. The van der Waals surface area contributed by atoms with Crippen molar-refractivity contribution in [1.82, 2.24) is 9.88 Å². The molecule has 0 saturated heterocycles. The zero-order valence-corrected chi connectivity index (χ0v) is 12.3. The highest BCUT2D eigenvalue weighted by molar-refractivity contribution is 5.75. The molecule has 23 heavy (non-hydrogen) atoms. The van der Waals surface area contributed by atoms with Crippen LogP contribution in [0.1, 0.15) is 18.4 Å². The zero-order chi connectivity index (χ0) is 16.7. The number of halogens is 3. The molecule has 1 aromatic heterocycles. The Morgan fingerprint density at radius 3 is 2.52 bits per heavy atom. The molecule has 0 aliphatic carbocycles. The molecule has 1 amide bonds. The number of hydrogen-bond acceptors (Lipinski definition) is 2. The van der Waals surface area contributed by atoms with Crippen molar-refractivity contribution in [3.63, 3.8) is 0 Å². The first kappa shape index (κ1) is 16.9. The van der Waals surface area contributed by atoms with Gasteiger partial charge < -0.3 is 14.6 Å². The largest absolute Gasteiger partial charge is 0.573 e. The van der Waals surface area contributed by atoms with Gasteiger partial charge in [0.05, 0.1) is 0 Å². The number of nitrogens with zero attached hydrogens (tertiary/aromatic N) is 1. The van der Waals surface area contributed by atoms with Crippen LogP contribution in [0.2, 0.25) is 0 Å². The van der Waals surface area contributed by atoms with E-state index in [0.29, 0.717) is 19.4 Å². The van der Waals surface area contributed by atoms with Crippen LogP contribution >= 0.6 is 0 Å². The number of benzene rings is 1. The molecule has 1 heterocycles. The highest BCUT2D eigenvalue weighted by Gasteiger charge is 2.31. The molecule has 0 aliphatic heterocycles. The van der Waals surface area contributed by atoms with Crippen LogP contribution in [0.15, 0.2) is 48.8 Å². The monoisotopic (exact) mass is 326 g/mol. The number of aromatic nitrogens is 1. The maximum Gasteiger partial charge on any atom is 0.573 e. The highest BCUT2D eigenvalue weighted by atomic mass is 19.4. The van der Waals surface area contributed by atoms with Crippen molar-refractivity contribution in [3.8, 4) is 5.75 Å². The van der Waals surface area contributed by atoms with Gasteiger partial charge in [-0.2, -0.15) is 0 Å². The number of alkyl halides is 3. The highest BCUT2D eigenvalue weighted by Crippen LogP contribution is 2.26. The molecule has 2 rings (SSSR count). The number of carbonyl (C=O) groups is 1. The fourth-order valence-corrected chi connectivity index (χ4v) is 2.10. The summed E-state index contributed by atoms with van der Waals surface area (Å²) in [4.78, 5) is 11.8. The standard InChI is InChI=1S/C16H17F3N2O2/c17-16(18,19)23-14-7-2-1-6-13(14)12-20-15(22)8-5-11-21-9-3-4-10-21/h1-4,6-7,9-10H,5,8,11-12H2,(H,20,22). The maximum absolute atomic E-state index is 12.3. The van der Waals surface area contributed by atoms with E-state index in [4.69, 9.17) is 0 Å². The molecular formula is C16H17F3N2O2. The summed E-state index contributed by atoms with van der Waals surface area (Å²) < 4.78 is 42.8. The number of nitrogens with one attached hydrogen (secondary N) is 1. The SMILES string of the molecule is O=C(CCCn1cccc1)NCc1ccccc1OC(F)(F)F. The molecule has 0 saturated carbocycles. The minimum absolute atomic E-state index is 0.00535. The van der Waals surface area contributed by atoms with Gasteiger partial charge in [0, 0.05) is 37.5 Å². The molecule has 0 spiro atoms. The predicted molar refractivity (Wildman–Crippen MR) is 78.6 cm³/mol. The van der Waals surface area contributed by atoms with Crippen LogP contribution < -0.4 is 10.1 Å². The summed E-state index contributed by atoms with van der Waals surface area (Å²) in [6.45, 7) is 0.711. The number of hydrogen-bond donors (Lipinski definition) is 1. The van der Waals surface area contributed by atoms with E-state index in [-0.39, 0.29) is 23.8 Å². The minimum atomic E-state index is -4.75. The van der Waals surface area contributed by atoms with Crippen molar-refractivity contribution in [2.45, 2.75) is 32.3 Å². The second-order valence-electron chi connectivity index (χ2n) is 4.96. The average molecular weight is 326 g/mol. The lowest BCUT2D eigenvalue weighted by Gasteiger charge is -2.13. The molecule has 0 radical (unpaired) electrons. The Bertz CT molecular complexity index is 625. The summed E-state index contributed by atoms with van der Waals surface area (Å²) in [5.74, 6) is -0.508. The van der Waals surface area contributed by atoms with Crippen LogP contribution in [0.3, 0.4) is 0 Å². The molecule has 0 aliphatic rings. The number of amides is 1. The van der Waals surface area contributed by atoms with E-state index < -0.39 is 6.36 Å².